The highest BCUT2D eigenvalue weighted by molar-refractivity contribution is 5.68. The van der Waals surface area contributed by atoms with Gasteiger partial charge >= 0.3 is 6.09 Å². The molecule has 0 aromatic heterocycles. The van der Waals surface area contributed by atoms with Gasteiger partial charge in [-0.2, -0.15) is 0 Å². The van der Waals surface area contributed by atoms with Crippen molar-refractivity contribution in [3.63, 3.8) is 0 Å². The van der Waals surface area contributed by atoms with E-state index in [9.17, 15) is 4.79 Å². The van der Waals surface area contributed by atoms with E-state index in [-0.39, 0.29) is 18.7 Å². The molecule has 0 aromatic rings. The molecule has 0 radical (unpaired) electrons. The van der Waals surface area contributed by atoms with E-state index < -0.39 is 0 Å². The first-order valence-corrected chi connectivity index (χ1v) is 4.33. The molecule has 1 unspecified atom stereocenters. The Balaban J connectivity index is 2.51. The molecule has 1 saturated heterocycles. The molecule has 70 valence electrons. The summed E-state index contributed by atoms with van der Waals surface area (Å²) in [5.41, 5.74) is 0. The van der Waals surface area contributed by atoms with Crippen LogP contribution in [0.25, 0.3) is 0 Å². The van der Waals surface area contributed by atoms with Crippen LogP contribution in [-0.2, 0) is 4.74 Å². The van der Waals surface area contributed by atoms with Gasteiger partial charge < -0.3 is 14.7 Å². The Morgan fingerprint density at radius 2 is 2.50 bits per heavy atom. The van der Waals surface area contributed by atoms with E-state index >= 15 is 0 Å². The molecule has 0 saturated carbocycles. The molecule has 1 heterocycles. The topological polar surface area (TPSA) is 49.8 Å². The minimum atomic E-state index is -0.290. The van der Waals surface area contributed by atoms with Gasteiger partial charge in [-0.15, -0.1) is 0 Å². The molecule has 4 heteroatoms. The molecule has 0 aromatic carbocycles. The number of nitrogens with zero attached hydrogens (tertiary/aromatic N) is 1. The molecule has 1 N–H and O–H groups in total. The summed E-state index contributed by atoms with van der Waals surface area (Å²) < 4.78 is 4.85. The summed E-state index contributed by atoms with van der Waals surface area (Å²) in [7, 11) is 0. The molecule has 12 heavy (non-hydrogen) atoms. The van der Waals surface area contributed by atoms with E-state index in [1.54, 1.807) is 4.90 Å². The number of carbonyl (C=O) groups excluding carboxylic acids is 1. The van der Waals surface area contributed by atoms with Gasteiger partial charge in [0, 0.05) is 6.54 Å². The second-order valence-corrected chi connectivity index (χ2v) is 2.91. The predicted octanol–water partition coefficient (Wildman–Crippen LogP) is 0.600. The molecule has 1 aliphatic heterocycles. The number of hydrogen-bond donors (Lipinski definition) is 1. The van der Waals surface area contributed by atoms with Crippen LogP contribution in [0, 0.1) is 0 Å². The van der Waals surface area contributed by atoms with Crippen LogP contribution in [0.1, 0.15) is 19.8 Å². The molecule has 1 fully saturated rings. The molecule has 1 atom stereocenters. The Labute approximate surface area is 72.1 Å². The van der Waals surface area contributed by atoms with Crippen LogP contribution in [0.3, 0.4) is 0 Å². The zero-order valence-electron chi connectivity index (χ0n) is 7.32. The summed E-state index contributed by atoms with van der Waals surface area (Å²) in [4.78, 5) is 12.7. The van der Waals surface area contributed by atoms with E-state index in [0.29, 0.717) is 13.2 Å². The van der Waals surface area contributed by atoms with Gasteiger partial charge in [0.25, 0.3) is 0 Å². The Morgan fingerprint density at radius 3 is 3.00 bits per heavy atom. The Bertz CT molecular complexity index is 156. The lowest BCUT2D eigenvalue weighted by Gasteiger charge is -2.32. The standard InChI is InChI=1S/C8H15NO3/c1-2-7(6-10)9-4-3-5-12-8(9)11/h7,10H,2-6H2,1H3. The molecule has 0 aliphatic carbocycles. The Morgan fingerprint density at radius 1 is 1.75 bits per heavy atom. The van der Waals surface area contributed by atoms with Gasteiger partial charge in [-0.1, -0.05) is 6.92 Å². The van der Waals surface area contributed by atoms with Crippen LogP contribution in [0.4, 0.5) is 4.79 Å². The van der Waals surface area contributed by atoms with Crippen molar-refractivity contribution < 1.29 is 14.6 Å². The molecule has 1 amide bonds. The van der Waals surface area contributed by atoms with Crippen molar-refractivity contribution >= 4 is 6.09 Å². The molecule has 0 bridgehead atoms. The monoisotopic (exact) mass is 173 g/mol. The van der Waals surface area contributed by atoms with Crippen LogP contribution < -0.4 is 0 Å². The van der Waals surface area contributed by atoms with Crippen molar-refractivity contribution in [2.45, 2.75) is 25.8 Å². The highest BCUT2D eigenvalue weighted by Crippen LogP contribution is 2.11. The fourth-order valence-electron chi connectivity index (χ4n) is 1.35. The van der Waals surface area contributed by atoms with Gasteiger partial charge in [0.1, 0.15) is 0 Å². The van der Waals surface area contributed by atoms with Crippen molar-refractivity contribution in [1.82, 2.24) is 4.90 Å². The Hall–Kier alpha value is -0.770. The lowest BCUT2D eigenvalue weighted by atomic mass is 10.2. The molecular weight excluding hydrogens is 158 g/mol. The zero-order valence-corrected chi connectivity index (χ0v) is 7.32. The van der Waals surface area contributed by atoms with Crippen LogP contribution in [0.5, 0.6) is 0 Å². The third-order valence-corrected chi connectivity index (χ3v) is 2.13. The van der Waals surface area contributed by atoms with E-state index in [0.717, 1.165) is 12.8 Å². The van der Waals surface area contributed by atoms with Crippen LogP contribution in [0.2, 0.25) is 0 Å². The van der Waals surface area contributed by atoms with E-state index in [4.69, 9.17) is 9.84 Å². The van der Waals surface area contributed by atoms with Crippen molar-refractivity contribution in [1.29, 1.82) is 0 Å². The molecular formula is C8H15NO3. The highest BCUT2D eigenvalue weighted by atomic mass is 16.6. The van der Waals surface area contributed by atoms with Gasteiger partial charge in [0.15, 0.2) is 0 Å². The summed E-state index contributed by atoms with van der Waals surface area (Å²) in [6, 6.07) is -0.0715. The van der Waals surface area contributed by atoms with E-state index in [1.807, 2.05) is 6.92 Å². The van der Waals surface area contributed by atoms with Crippen molar-refractivity contribution in [2.75, 3.05) is 19.8 Å². The lowest BCUT2D eigenvalue weighted by Crippen LogP contribution is -2.46. The number of ether oxygens (including phenoxy) is 1. The fraction of sp³-hybridized carbons (Fsp3) is 0.875. The van der Waals surface area contributed by atoms with E-state index in [2.05, 4.69) is 0 Å². The molecule has 4 nitrogen and oxygen atoms in total. The third-order valence-electron chi connectivity index (χ3n) is 2.13. The van der Waals surface area contributed by atoms with Gasteiger partial charge in [0.05, 0.1) is 19.3 Å². The third kappa shape index (κ3) is 1.88. The summed E-state index contributed by atoms with van der Waals surface area (Å²) >= 11 is 0. The second-order valence-electron chi connectivity index (χ2n) is 2.91. The zero-order chi connectivity index (χ0) is 8.97. The maximum atomic E-state index is 11.1. The van der Waals surface area contributed by atoms with Crippen LogP contribution in [-0.4, -0.2) is 41.9 Å². The highest BCUT2D eigenvalue weighted by Gasteiger charge is 2.25. The molecule has 0 spiro atoms. The van der Waals surface area contributed by atoms with Gasteiger partial charge in [-0.25, -0.2) is 4.79 Å². The number of carbonyl (C=O) groups is 1. The van der Waals surface area contributed by atoms with Gasteiger partial charge in [0.2, 0.25) is 0 Å². The number of rotatable bonds is 3. The second kappa shape index (κ2) is 4.30. The van der Waals surface area contributed by atoms with Crippen molar-refractivity contribution in [2.24, 2.45) is 0 Å². The van der Waals surface area contributed by atoms with Crippen LogP contribution in [0.15, 0.2) is 0 Å². The summed E-state index contributed by atoms with van der Waals surface area (Å²) in [6.45, 7) is 3.18. The molecule has 1 rings (SSSR count). The first-order chi connectivity index (χ1) is 5.79. The quantitative estimate of drug-likeness (QED) is 0.680. The lowest BCUT2D eigenvalue weighted by molar-refractivity contribution is 0.0395. The van der Waals surface area contributed by atoms with Crippen molar-refractivity contribution in [3.8, 4) is 0 Å². The Kier molecular flexibility index (Phi) is 3.34. The average Bonchev–Trinajstić information content (AvgIpc) is 2.10. The first kappa shape index (κ1) is 9.32. The van der Waals surface area contributed by atoms with Crippen molar-refractivity contribution in [3.05, 3.63) is 0 Å². The number of cyclic esters (lactones) is 1. The van der Waals surface area contributed by atoms with E-state index in [1.165, 1.54) is 0 Å². The SMILES string of the molecule is CCC(CO)N1CCCOC1=O. The maximum absolute atomic E-state index is 11.1. The largest absolute Gasteiger partial charge is 0.449 e. The normalized spacial score (nSPS) is 20.5. The summed E-state index contributed by atoms with van der Waals surface area (Å²) in [5.74, 6) is 0. The predicted molar refractivity (Wildman–Crippen MR) is 43.8 cm³/mol. The van der Waals surface area contributed by atoms with Crippen LogP contribution >= 0.6 is 0 Å². The first-order valence-electron chi connectivity index (χ1n) is 4.33. The average molecular weight is 173 g/mol. The van der Waals surface area contributed by atoms with Gasteiger partial charge in [-0.3, -0.25) is 0 Å². The number of aliphatic hydroxyl groups excluding tert-OH is 1. The van der Waals surface area contributed by atoms with Gasteiger partial charge in [-0.05, 0) is 12.8 Å². The number of hydrogen-bond acceptors (Lipinski definition) is 3. The summed E-state index contributed by atoms with van der Waals surface area (Å²) in [5, 5.41) is 8.95. The molecule has 1 aliphatic rings. The smallest absolute Gasteiger partial charge is 0.410 e. The minimum absolute atomic E-state index is 0.0194. The summed E-state index contributed by atoms with van der Waals surface area (Å²) in [6.07, 6.45) is 1.34. The fourth-order valence-corrected chi connectivity index (χ4v) is 1.35. The number of amides is 1. The minimum Gasteiger partial charge on any atom is -0.449 e. The number of aliphatic hydroxyl groups is 1. The maximum Gasteiger partial charge on any atom is 0.410 e.